The van der Waals surface area contributed by atoms with Gasteiger partial charge in [-0.05, 0) is 17.9 Å². The Hall–Kier alpha value is -0.950. The predicted octanol–water partition coefficient (Wildman–Crippen LogP) is 0.359. The summed E-state index contributed by atoms with van der Waals surface area (Å²) in [6, 6.07) is -1.31. The minimum atomic E-state index is -1.07. The van der Waals surface area contributed by atoms with Crippen LogP contribution in [0.2, 0.25) is 0 Å². The van der Waals surface area contributed by atoms with Crippen LogP contribution >= 0.6 is 11.8 Å². The molecule has 0 saturated carbocycles. The summed E-state index contributed by atoms with van der Waals surface area (Å²) in [6.45, 7) is 2.70. The molecule has 0 aromatic heterocycles. The molecule has 1 rings (SSSR count). The van der Waals surface area contributed by atoms with Crippen molar-refractivity contribution in [2.45, 2.75) is 31.9 Å². The van der Waals surface area contributed by atoms with Crippen molar-refractivity contribution >= 4 is 23.8 Å². The highest BCUT2D eigenvalue weighted by Crippen LogP contribution is 2.18. The minimum Gasteiger partial charge on any atom is -0.480 e. The van der Waals surface area contributed by atoms with Gasteiger partial charge in [0.1, 0.15) is 6.04 Å². The van der Waals surface area contributed by atoms with E-state index in [4.69, 9.17) is 5.11 Å². The van der Waals surface area contributed by atoms with E-state index in [0.717, 1.165) is 17.9 Å². The summed E-state index contributed by atoms with van der Waals surface area (Å²) in [7, 11) is 0. The number of carboxylic acid groups (broad SMARTS) is 1. The molecule has 2 atom stereocenters. The first-order valence-electron chi connectivity index (χ1n) is 6.09. The third-order valence-electron chi connectivity index (χ3n) is 2.77. The molecule has 104 valence electrons. The molecule has 6 nitrogen and oxygen atoms in total. The van der Waals surface area contributed by atoms with Crippen molar-refractivity contribution in [3.05, 3.63) is 0 Å². The second-order valence-electron chi connectivity index (χ2n) is 4.18. The maximum Gasteiger partial charge on any atom is 0.326 e. The van der Waals surface area contributed by atoms with Gasteiger partial charge >= 0.3 is 12.0 Å². The van der Waals surface area contributed by atoms with E-state index in [1.165, 1.54) is 4.90 Å². The van der Waals surface area contributed by atoms with Crippen molar-refractivity contribution in [3.63, 3.8) is 0 Å². The van der Waals surface area contributed by atoms with Gasteiger partial charge in [-0.2, -0.15) is 11.8 Å². The van der Waals surface area contributed by atoms with Gasteiger partial charge < -0.3 is 20.4 Å². The van der Waals surface area contributed by atoms with E-state index in [-0.39, 0.29) is 13.0 Å². The molecule has 1 fully saturated rings. The number of aliphatic hydroxyl groups is 1. The van der Waals surface area contributed by atoms with Crippen LogP contribution in [0.3, 0.4) is 0 Å². The number of nitrogens with zero attached hydrogens (tertiary/aromatic N) is 1. The lowest BCUT2D eigenvalue weighted by Crippen LogP contribution is -2.46. The summed E-state index contributed by atoms with van der Waals surface area (Å²) in [5.41, 5.74) is 0. The molecule has 0 aromatic rings. The standard InChI is InChI=1S/C11H20N2O4S/c1-2-18-5-3-4-12-11(17)13-7-8(14)6-9(13)10(15)16/h8-9,14H,2-7H2,1H3,(H,12,17)(H,15,16). The number of thioether (sulfide) groups is 1. The van der Waals surface area contributed by atoms with Crippen LogP contribution in [0.1, 0.15) is 19.8 Å². The molecule has 1 aliphatic heterocycles. The molecule has 7 heteroatoms. The first-order valence-corrected chi connectivity index (χ1v) is 7.24. The maximum absolute atomic E-state index is 11.8. The molecule has 3 N–H and O–H groups in total. The third kappa shape index (κ3) is 4.38. The fourth-order valence-corrected chi connectivity index (χ4v) is 2.52. The second kappa shape index (κ2) is 7.48. The number of amides is 2. The Morgan fingerprint density at radius 1 is 1.50 bits per heavy atom. The predicted molar refractivity (Wildman–Crippen MR) is 69.8 cm³/mol. The van der Waals surface area contributed by atoms with Crippen LogP contribution in [-0.2, 0) is 4.79 Å². The molecule has 2 unspecified atom stereocenters. The molecule has 2 amide bonds. The average molecular weight is 276 g/mol. The molecule has 18 heavy (non-hydrogen) atoms. The number of rotatable bonds is 6. The number of nitrogens with one attached hydrogen (secondary N) is 1. The van der Waals surface area contributed by atoms with Gasteiger partial charge in [0, 0.05) is 19.5 Å². The number of carboxylic acids is 1. The fourth-order valence-electron chi connectivity index (χ4n) is 1.89. The molecular weight excluding hydrogens is 256 g/mol. The van der Waals surface area contributed by atoms with Gasteiger partial charge in [0.15, 0.2) is 0 Å². The van der Waals surface area contributed by atoms with Crippen molar-refractivity contribution < 1.29 is 19.8 Å². The third-order valence-corrected chi connectivity index (χ3v) is 3.76. The lowest BCUT2D eigenvalue weighted by Gasteiger charge is -2.21. The average Bonchev–Trinajstić information content (AvgIpc) is 2.71. The topological polar surface area (TPSA) is 89.9 Å². The van der Waals surface area contributed by atoms with Gasteiger partial charge in [-0.1, -0.05) is 6.92 Å². The highest BCUT2D eigenvalue weighted by atomic mass is 32.2. The Bertz CT molecular complexity index is 301. The van der Waals surface area contributed by atoms with Gasteiger partial charge in [0.05, 0.1) is 6.10 Å². The normalized spacial score (nSPS) is 23.1. The Kier molecular flexibility index (Phi) is 6.28. The van der Waals surface area contributed by atoms with E-state index in [2.05, 4.69) is 12.2 Å². The molecule has 0 aliphatic carbocycles. The Morgan fingerprint density at radius 3 is 2.83 bits per heavy atom. The van der Waals surface area contributed by atoms with Crippen LogP contribution in [0.15, 0.2) is 0 Å². The highest BCUT2D eigenvalue weighted by Gasteiger charge is 2.38. The number of hydrogen-bond acceptors (Lipinski definition) is 4. The van der Waals surface area contributed by atoms with Crippen LogP contribution < -0.4 is 5.32 Å². The Balaban J connectivity index is 2.33. The summed E-state index contributed by atoms with van der Waals surface area (Å²) in [4.78, 5) is 23.9. The van der Waals surface area contributed by atoms with E-state index in [1.807, 2.05) is 0 Å². The number of urea groups is 1. The van der Waals surface area contributed by atoms with Crippen molar-refractivity contribution in [2.75, 3.05) is 24.6 Å². The van der Waals surface area contributed by atoms with Gasteiger partial charge in [-0.25, -0.2) is 9.59 Å². The molecule has 1 aliphatic rings. The van der Waals surface area contributed by atoms with E-state index >= 15 is 0 Å². The molecule has 1 heterocycles. The summed E-state index contributed by atoms with van der Waals surface area (Å²) in [6.07, 6.45) is 0.222. The zero-order valence-corrected chi connectivity index (χ0v) is 11.3. The minimum absolute atomic E-state index is 0.0898. The van der Waals surface area contributed by atoms with Crippen LogP contribution in [0, 0.1) is 0 Å². The van der Waals surface area contributed by atoms with E-state index in [9.17, 15) is 14.7 Å². The van der Waals surface area contributed by atoms with Gasteiger partial charge in [-0.15, -0.1) is 0 Å². The maximum atomic E-state index is 11.8. The Labute approximate surface area is 111 Å². The lowest BCUT2D eigenvalue weighted by atomic mass is 10.2. The zero-order chi connectivity index (χ0) is 13.5. The summed E-state index contributed by atoms with van der Waals surface area (Å²) < 4.78 is 0. The van der Waals surface area contributed by atoms with Crippen molar-refractivity contribution in [1.29, 1.82) is 0 Å². The number of β-amino-alcohol motifs (C(OH)–C–C–N with tert-alkyl or cyclic N) is 1. The summed E-state index contributed by atoms with van der Waals surface area (Å²) >= 11 is 1.80. The highest BCUT2D eigenvalue weighted by molar-refractivity contribution is 7.99. The van der Waals surface area contributed by atoms with Gasteiger partial charge in [0.2, 0.25) is 0 Å². The second-order valence-corrected chi connectivity index (χ2v) is 5.57. The molecule has 0 spiro atoms. The lowest BCUT2D eigenvalue weighted by molar-refractivity contribution is -0.141. The first-order chi connectivity index (χ1) is 8.56. The number of aliphatic hydroxyl groups excluding tert-OH is 1. The molecule has 0 bridgehead atoms. The number of carbonyl (C=O) groups is 2. The summed E-state index contributed by atoms with van der Waals surface area (Å²) in [5.74, 6) is 0.956. The SMILES string of the molecule is CCSCCCNC(=O)N1CC(O)CC1C(=O)O. The van der Waals surface area contributed by atoms with Crippen molar-refractivity contribution in [1.82, 2.24) is 10.2 Å². The zero-order valence-electron chi connectivity index (χ0n) is 10.5. The largest absolute Gasteiger partial charge is 0.480 e. The van der Waals surface area contributed by atoms with E-state index in [0.29, 0.717) is 6.54 Å². The molecule has 0 radical (unpaired) electrons. The van der Waals surface area contributed by atoms with Gasteiger partial charge in [-0.3, -0.25) is 0 Å². The smallest absolute Gasteiger partial charge is 0.326 e. The molecule has 1 saturated heterocycles. The van der Waals surface area contributed by atoms with Gasteiger partial charge in [0.25, 0.3) is 0 Å². The number of hydrogen-bond donors (Lipinski definition) is 3. The first kappa shape index (κ1) is 15.1. The number of carbonyl (C=O) groups excluding carboxylic acids is 1. The van der Waals surface area contributed by atoms with Crippen LogP contribution in [0.4, 0.5) is 4.79 Å². The molecular formula is C11H20N2O4S. The number of likely N-dealkylation sites (tertiary alicyclic amines) is 1. The number of aliphatic carboxylic acids is 1. The molecule has 0 aromatic carbocycles. The van der Waals surface area contributed by atoms with Crippen LogP contribution in [-0.4, -0.2) is 63.9 Å². The van der Waals surface area contributed by atoms with E-state index < -0.39 is 24.1 Å². The Morgan fingerprint density at radius 2 is 2.22 bits per heavy atom. The van der Waals surface area contributed by atoms with Crippen LogP contribution in [0.5, 0.6) is 0 Å². The van der Waals surface area contributed by atoms with Crippen molar-refractivity contribution in [3.8, 4) is 0 Å². The van der Waals surface area contributed by atoms with Crippen molar-refractivity contribution in [2.24, 2.45) is 0 Å². The van der Waals surface area contributed by atoms with E-state index in [1.54, 1.807) is 11.8 Å². The monoisotopic (exact) mass is 276 g/mol. The summed E-state index contributed by atoms with van der Waals surface area (Å²) in [5, 5.41) is 21.1. The van der Waals surface area contributed by atoms with Crippen LogP contribution in [0.25, 0.3) is 0 Å². The fraction of sp³-hybridized carbons (Fsp3) is 0.818. The quantitative estimate of drug-likeness (QED) is 0.609.